The summed E-state index contributed by atoms with van der Waals surface area (Å²) in [6.07, 6.45) is 0. The maximum absolute atomic E-state index is 9.22. The lowest BCUT2D eigenvalue weighted by atomic mass is 10.5. The SMILES string of the molecule is CCN(CC)CC[NH3+].COS(=O)(=O)[O-]. The van der Waals surface area contributed by atoms with E-state index >= 15 is 0 Å². The Balaban J connectivity index is 0. The van der Waals surface area contributed by atoms with Crippen LogP contribution in [-0.4, -0.2) is 51.2 Å². The van der Waals surface area contributed by atoms with Gasteiger partial charge in [-0.05, 0) is 13.1 Å². The molecule has 0 fully saturated rings. The first-order valence-electron chi connectivity index (χ1n) is 4.44. The summed E-state index contributed by atoms with van der Waals surface area (Å²) in [7, 11) is -3.60. The first-order chi connectivity index (χ1) is 6.41. The van der Waals surface area contributed by atoms with E-state index < -0.39 is 10.4 Å². The fourth-order valence-corrected chi connectivity index (χ4v) is 0.763. The lowest BCUT2D eigenvalue weighted by Gasteiger charge is -2.14. The summed E-state index contributed by atoms with van der Waals surface area (Å²) < 4.78 is 31.0. The third kappa shape index (κ3) is 14.3. The molecule has 0 rings (SSSR count). The maximum Gasteiger partial charge on any atom is 0.217 e. The minimum Gasteiger partial charge on any atom is -0.726 e. The summed E-state index contributed by atoms with van der Waals surface area (Å²) in [6.45, 7) is 8.85. The van der Waals surface area contributed by atoms with E-state index in [1.54, 1.807) is 0 Å². The average Bonchev–Trinajstić information content (AvgIpc) is 2.14. The molecule has 0 amide bonds. The summed E-state index contributed by atoms with van der Waals surface area (Å²) in [4.78, 5) is 2.37. The van der Waals surface area contributed by atoms with Crippen molar-refractivity contribution in [3.05, 3.63) is 0 Å². The Kier molecular flexibility index (Phi) is 10.8. The second-order valence-corrected chi connectivity index (χ2v) is 3.61. The number of likely N-dealkylation sites (N-methyl/N-ethyl adjacent to an activating group) is 1. The van der Waals surface area contributed by atoms with E-state index in [1.165, 1.54) is 0 Å². The Morgan fingerprint density at radius 2 is 1.71 bits per heavy atom. The predicted molar refractivity (Wildman–Crippen MR) is 52.2 cm³/mol. The van der Waals surface area contributed by atoms with Gasteiger partial charge in [-0.2, -0.15) is 0 Å². The van der Waals surface area contributed by atoms with Crippen molar-refractivity contribution < 1.29 is 22.9 Å². The lowest BCUT2D eigenvalue weighted by molar-refractivity contribution is -0.368. The summed E-state index contributed by atoms with van der Waals surface area (Å²) in [5, 5.41) is 0. The van der Waals surface area contributed by atoms with Gasteiger partial charge in [-0.15, -0.1) is 0 Å². The molecule has 0 heterocycles. The van der Waals surface area contributed by atoms with E-state index in [0.29, 0.717) is 0 Å². The van der Waals surface area contributed by atoms with E-state index in [-0.39, 0.29) is 0 Å². The zero-order chi connectivity index (χ0) is 11.6. The molecule has 0 saturated heterocycles. The molecule has 3 N–H and O–H groups in total. The molecule has 88 valence electrons. The van der Waals surface area contributed by atoms with Gasteiger partial charge in [-0.3, -0.25) is 9.08 Å². The van der Waals surface area contributed by atoms with Crippen LogP contribution in [0.15, 0.2) is 0 Å². The van der Waals surface area contributed by atoms with Crippen molar-refractivity contribution in [3.63, 3.8) is 0 Å². The summed E-state index contributed by atoms with van der Waals surface area (Å²) >= 11 is 0. The van der Waals surface area contributed by atoms with Crippen LogP contribution in [0.2, 0.25) is 0 Å². The largest absolute Gasteiger partial charge is 0.726 e. The van der Waals surface area contributed by atoms with E-state index in [0.717, 1.165) is 33.3 Å². The van der Waals surface area contributed by atoms with Crippen LogP contribution in [0.5, 0.6) is 0 Å². The van der Waals surface area contributed by atoms with Crippen LogP contribution in [0.4, 0.5) is 0 Å². The van der Waals surface area contributed by atoms with Gasteiger partial charge in [0.05, 0.1) is 13.7 Å². The molecule has 0 aliphatic rings. The maximum atomic E-state index is 9.22. The lowest BCUT2D eigenvalue weighted by Crippen LogP contribution is -2.54. The zero-order valence-electron chi connectivity index (χ0n) is 9.02. The number of nitrogens with zero attached hydrogens (tertiary/aromatic N) is 1. The number of hydrogen-bond acceptors (Lipinski definition) is 5. The van der Waals surface area contributed by atoms with Crippen molar-refractivity contribution in [2.75, 3.05) is 33.3 Å². The number of hydrogen-bond donors (Lipinski definition) is 1. The zero-order valence-corrected chi connectivity index (χ0v) is 9.84. The first-order valence-corrected chi connectivity index (χ1v) is 5.77. The van der Waals surface area contributed by atoms with Crippen LogP contribution in [-0.2, 0) is 14.6 Å². The van der Waals surface area contributed by atoms with Gasteiger partial charge in [0, 0.05) is 6.54 Å². The van der Waals surface area contributed by atoms with Crippen LogP contribution in [0.3, 0.4) is 0 Å². The molecule has 0 bridgehead atoms. The second-order valence-electron chi connectivity index (χ2n) is 2.46. The molecule has 6 nitrogen and oxygen atoms in total. The standard InChI is InChI=1S/C6H16N2.CH4O4S/c1-3-8(4-2)6-5-7;1-5-6(2,3)4/h3-7H2,1-2H3;1H3,(H,2,3,4). The fraction of sp³-hybridized carbons (Fsp3) is 1.00. The molecule has 0 atom stereocenters. The smallest absolute Gasteiger partial charge is 0.217 e. The van der Waals surface area contributed by atoms with Crippen molar-refractivity contribution >= 4 is 10.4 Å². The molecule has 0 radical (unpaired) electrons. The highest BCUT2D eigenvalue weighted by Crippen LogP contribution is 1.81. The van der Waals surface area contributed by atoms with Crippen LogP contribution in [0.25, 0.3) is 0 Å². The molecule has 0 saturated carbocycles. The van der Waals surface area contributed by atoms with Gasteiger partial charge in [0.2, 0.25) is 10.4 Å². The monoisotopic (exact) mass is 228 g/mol. The minimum absolute atomic E-state index is 0.808. The van der Waals surface area contributed by atoms with E-state index in [2.05, 4.69) is 28.7 Å². The van der Waals surface area contributed by atoms with Gasteiger partial charge in [-0.1, -0.05) is 13.8 Å². The van der Waals surface area contributed by atoms with Gasteiger partial charge in [0.25, 0.3) is 0 Å². The minimum atomic E-state index is -4.41. The normalized spacial score (nSPS) is 11.0. The highest BCUT2D eigenvalue weighted by Gasteiger charge is 1.94. The molecule has 0 aliphatic heterocycles. The first kappa shape index (κ1) is 16.2. The molecule has 0 aliphatic carbocycles. The van der Waals surface area contributed by atoms with Gasteiger partial charge in [0.15, 0.2) is 0 Å². The highest BCUT2D eigenvalue weighted by atomic mass is 32.3. The van der Waals surface area contributed by atoms with Crippen molar-refractivity contribution in [1.29, 1.82) is 0 Å². The van der Waals surface area contributed by atoms with E-state index in [1.807, 2.05) is 0 Å². The molecule has 0 aromatic heterocycles. The van der Waals surface area contributed by atoms with Crippen LogP contribution in [0.1, 0.15) is 13.8 Å². The highest BCUT2D eigenvalue weighted by molar-refractivity contribution is 7.80. The second kappa shape index (κ2) is 9.35. The summed E-state index contributed by atoms with van der Waals surface area (Å²) in [5.74, 6) is 0. The Morgan fingerprint density at radius 3 is 1.79 bits per heavy atom. The molecule has 0 aromatic rings. The third-order valence-electron chi connectivity index (χ3n) is 1.57. The summed E-state index contributed by atoms with van der Waals surface area (Å²) in [5.41, 5.74) is 3.78. The van der Waals surface area contributed by atoms with E-state index in [9.17, 15) is 13.0 Å². The predicted octanol–water partition coefficient (Wildman–Crippen LogP) is -1.34. The third-order valence-corrected chi connectivity index (χ3v) is 1.98. The van der Waals surface area contributed by atoms with Crippen molar-refractivity contribution in [1.82, 2.24) is 4.90 Å². The Labute approximate surface area is 86.0 Å². The van der Waals surface area contributed by atoms with Crippen LogP contribution >= 0.6 is 0 Å². The Morgan fingerprint density at radius 1 is 1.36 bits per heavy atom. The van der Waals surface area contributed by atoms with E-state index in [4.69, 9.17) is 0 Å². The summed E-state index contributed by atoms with van der Waals surface area (Å²) in [6, 6.07) is 0. The molecule has 7 heteroatoms. The van der Waals surface area contributed by atoms with Crippen molar-refractivity contribution in [2.24, 2.45) is 0 Å². The Hall–Kier alpha value is -0.210. The van der Waals surface area contributed by atoms with Crippen LogP contribution in [0, 0.1) is 0 Å². The molecule has 14 heavy (non-hydrogen) atoms. The molecule has 0 spiro atoms. The van der Waals surface area contributed by atoms with Crippen LogP contribution < -0.4 is 5.73 Å². The molecule has 0 aromatic carbocycles. The number of quaternary nitrogens is 1. The topological polar surface area (TPSA) is 97.3 Å². The van der Waals surface area contributed by atoms with Gasteiger partial charge in [0.1, 0.15) is 0 Å². The number of rotatable bonds is 5. The van der Waals surface area contributed by atoms with Crippen molar-refractivity contribution in [3.8, 4) is 0 Å². The van der Waals surface area contributed by atoms with Crippen molar-refractivity contribution in [2.45, 2.75) is 13.8 Å². The molecule has 0 unspecified atom stereocenters. The molecular formula is C7H20N2O4S. The van der Waals surface area contributed by atoms with Gasteiger partial charge in [-0.25, -0.2) is 8.42 Å². The average molecular weight is 228 g/mol. The van der Waals surface area contributed by atoms with Gasteiger partial charge < -0.3 is 10.3 Å². The van der Waals surface area contributed by atoms with Gasteiger partial charge >= 0.3 is 0 Å². The quantitative estimate of drug-likeness (QED) is 0.464. The fourth-order valence-electron chi connectivity index (χ4n) is 0.763. The molecular weight excluding hydrogens is 208 g/mol. The Bertz CT molecular complexity index is 202.